The van der Waals surface area contributed by atoms with Crippen LogP contribution in [0, 0.1) is 0 Å². The Morgan fingerprint density at radius 3 is 1.09 bits per heavy atom. The summed E-state index contributed by atoms with van der Waals surface area (Å²) in [6.45, 7) is 16.7. The van der Waals surface area contributed by atoms with Crippen molar-refractivity contribution in [1.29, 1.82) is 0 Å². The fraction of sp³-hybridized carbons (Fsp3) is 0.700. The van der Waals surface area contributed by atoms with Gasteiger partial charge in [-0.2, -0.15) is 0 Å². The lowest BCUT2D eigenvalue weighted by Gasteiger charge is -1.62. The molecule has 0 aliphatic carbocycles. The van der Waals surface area contributed by atoms with Crippen LogP contribution >= 0.6 is 0 Å². The van der Waals surface area contributed by atoms with Gasteiger partial charge in [0.2, 0.25) is 0 Å². The number of rotatable bonds is 1. The zero-order chi connectivity index (χ0) is 10.3. The SMILES string of the molecule is C=CC(C)=O.CC.CC.CC. The Bertz CT molecular complexity index is 55.9. The van der Waals surface area contributed by atoms with Gasteiger partial charge in [-0.15, -0.1) is 0 Å². The summed E-state index contributed by atoms with van der Waals surface area (Å²) in [5.74, 6) is 0.0185. The summed E-state index contributed by atoms with van der Waals surface area (Å²) in [7, 11) is 0. The first-order valence-corrected chi connectivity index (χ1v) is 4.40. The number of carbonyl (C=O) groups is 1. The zero-order valence-electron chi connectivity index (χ0n) is 9.19. The van der Waals surface area contributed by atoms with E-state index in [0.717, 1.165) is 0 Å². The minimum absolute atomic E-state index is 0.0185. The molecule has 0 N–H and O–H groups in total. The Balaban J connectivity index is -0.0000000350. The third-order valence-corrected chi connectivity index (χ3v) is 0.287. The highest BCUT2D eigenvalue weighted by molar-refractivity contribution is 5.86. The molecule has 0 amide bonds. The van der Waals surface area contributed by atoms with Crippen LogP contribution in [-0.2, 0) is 4.79 Å². The second kappa shape index (κ2) is 57.2. The molecule has 0 aliphatic rings. The molecule has 0 fully saturated rings. The first-order chi connectivity index (χ1) is 5.27. The van der Waals surface area contributed by atoms with E-state index in [-0.39, 0.29) is 5.78 Å². The lowest BCUT2D eigenvalue weighted by atomic mass is 10.5. The van der Waals surface area contributed by atoms with Crippen molar-refractivity contribution in [2.45, 2.75) is 48.5 Å². The van der Waals surface area contributed by atoms with Crippen molar-refractivity contribution in [2.75, 3.05) is 0 Å². The highest BCUT2D eigenvalue weighted by Crippen LogP contribution is 1.60. The number of hydrogen-bond acceptors (Lipinski definition) is 1. The molecule has 0 atom stereocenters. The molecule has 0 saturated carbocycles. The largest absolute Gasteiger partial charge is 0.295 e. The summed E-state index contributed by atoms with van der Waals surface area (Å²) in [5, 5.41) is 0. The van der Waals surface area contributed by atoms with E-state index in [4.69, 9.17) is 0 Å². The summed E-state index contributed by atoms with van der Waals surface area (Å²) in [6.07, 6.45) is 1.28. The minimum atomic E-state index is 0.0185. The van der Waals surface area contributed by atoms with Crippen molar-refractivity contribution >= 4 is 5.78 Å². The maximum absolute atomic E-state index is 9.69. The zero-order valence-corrected chi connectivity index (χ0v) is 9.19. The van der Waals surface area contributed by atoms with E-state index in [1.165, 1.54) is 13.0 Å². The van der Waals surface area contributed by atoms with Crippen LogP contribution in [0.15, 0.2) is 12.7 Å². The Kier molecular flexibility index (Phi) is 117. The number of ketones is 1. The predicted molar refractivity (Wildman–Crippen MR) is 54.9 cm³/mol. The molecule has 0 aromatic carbocycles. The number of carbonyl (C=O) groups excluding carboxylic acids is 1. The van der Waals surface area contributed by atoms with Crippen LogP contribution in [0.2, 0.25) is 0 Å². The van der Waals surface area contributed by atoms with Crippen molar-refractivity contribution in [2.24, 2.45) is 0 Å². The molecular formula is C10H24O. The van der Waals surface area contributed by atoms with Crippen LogP contribution in [-0.4, -0.2) is 5.78 Å². The van der Waals surface area contributed by atoms with E-state index in [2.05, 4.69) is 6.58 Å². The van der Waals surface area contributed by atoms with Crippen LogP contribution in [0.1, 0.15) is 48.5 Å². The quantitative estimate of drug-likeness (QED) is 0.533. The molecule has 0 spiro atoms. The van der Waals surface area contributed by atoms with E-state index in [1.807, 2.05) is 41.5 Å². The Morgan fingerprint density at radius 1 is 1.00 bits per heavy atom. The van der Waals surface area contributed by atoms with Crippen LogP contribution < -0.4 is 0 Å². The minimum Gasteiger partial charge on any atom is -0.295 e. The van der Waals surface area contributed by atoms with Gasteiger partial charge in [0.05, 0.1) is 0 Å². The molecule has 0 radical (unpaired) electrons. The molecule has 0 unspecified atom stereocenters. The van der Waals surface area contributed by atoms with E-state index in [9.17, 15) is 4.79 Å². The Morgan fingerprint density at radius 2 is 1.09 bits per heavy atom. The number of hydrogen-bond donors (Lipinski definition) is 0. The van der Waals surface area contributed by atoms with Crippen LogP contribution in [0.3, 0.4) is 0 Å². The maximum atomic E-state index is 9.69. The van der Waals surface area contributed by atoms with Gasteiger partial charge in [-0.1, -0.05) is 48.1 Å². The average molecular weight is 160 g/mol. The van der Waals surface area contributed by atoms with Crippen LogP contribution in [0.4, 0.5) is 0 Å². The van der Waals surface area contributed by atoms with Crippen LogP contribution in [0.5, 0.6) is 0 Å². The van der Waals surface area contributed by atoms with Gasteiger partial charge >= 0.3 is 0 Å². The summed E-state index contributed by atoms with van der Waals surface area (Å²) in [4.78, 5) is 9.69. The number of allylic oxidation sites excluding steroid dienone is 1. The van der Waals surface area contributed by atoms with E-state index < -0.39 is 0 Å². The molecule has 0 aromatic rings. The third kappa shape index (κ3) is 260. The van der Waals surface area contributed by atoms with E-state index >= 15 is 0 Å². The second-order valence-corrected chi connectivity index (χ2v) is 0.815. The van der Waals surface area contributed by atoms with Gasteiger partial charge < -0.3 is 0 Å². The highest BCUT2D eigenvalue weighted by Gasteiger charge is 1.69. The predicted octanol–water partition coefficient (Wildman–Crippen LogP) is 3.84. The van der Waals surface area contributed by atoms with Gasteiger partial charge in [0.25, 0.3) is 0 Å². The molecule has 1 heteroatoms. The van der Waals surface area contributed by atoms with Crippen molar-refractivity contribution < 1.29 is 4.79 Å². The summed E-state index contributed by atoms with van der Waals surface area (Å²) >= 11 is 0. The van der Waals surface area contributed by atoms with Crippen molar-refractivity contribution in [3.05, 3.63) is 12.7 Å². The van der Waals surface area contributed by atoms with Gasteiger partial charge in [0, 0.05) is 0 Å². The van der Waals surface area contributed by atoms with Gasteiger partial charge in [-0.3, -0.25) is 4.79 Å². The lowest BCUT2D eigenvalue weighted by molar-refractivity contribution is -0.112. The van der Waals surface area contributed by atoms with Crippen molar-refractivity contribution in [1.82, 2.24) is 0 Å². The summed E-state index contributed by atoms with van der Waals surface area (Å²) in [6, 6.07) is 0. The smallest absolute Gasteiger partial charge is 0.152 e. The fourth-order valence-electron chi connectivity index (χ4n) is 0. The second-order valence-electron chi connectivity index (χ2n) is 0.815. The topological polar surface area (TPSA) is 17.1 Å². The summed E-state index contributed by atoms with van der Waals surface area (Å²) < 4.78 is 0. The lowest BCUT2D eigenvalue weighted by Crippen LogP contribution is -1.74. The molecule has 0 rings (SSSR count). The monoisotopic (exact) mass is 160 g/mol. The first kappa shape index (κ1) is 22.4. The van der Waals surface area contributed by atoms with Crippen molar-refractivity contribution in [3.63, 3.8) is 0 Å². The highest BCUT2D eigenvalue weighted by atomic mass is 16.1. The molecule has 0 saturated heterocycles. The normalized spacial score (nSPS) is 4.64. The van der Waals surface area contributed by atoms with Gasteiger partial charge in [-0.05, 0) is 13.0 Å². The molecule has 11 heavy (non-hydrogen) atoms. The fourth-order valence-corrected chi connectivity index (χ4v) is 0. The van der Waals surface area contributed by atoms with Crippen LogP contribution in [0.25, 0.3) is 0 Å². The van der Waals surface area contributed by atoms with E-state index in [0.29, 0.717) is 0 Å². The molecule has 70 valence electrons. The molecule has 1 nitrogen and oxygen atoms in total. The van der Waals surface area contributed by atoms with E-state index in [1.54, 1.807) is 0 Å². The molecule has 0 aromatic heterocycles. The van der Waals surface area contributed by atoms with Gasteiger partial charge in [0.1, 0.15) is 0 Å². The first-order valence-electron chi connectivity index (χ1n) is 4.40. The molecule has 0 bridgehead atoms. The summed E-state index contributed by atoms with van der Waals surface area (Å²) in [5.41, 5.74) is 0. The average Bonchev–Trinajstić information content (AvgIpc) is 2.15. The van der Waals surface area contributed by atoms with Gasteiger partial charge in [0.15, 0.2) is 5.78 Å². The van der Waals surface area contributed by atoms with Crippen molar-refractivity contribution in [3.8, 4) is 0 Å². The Labute approximate surface area is 72.5 Å². The molecule has 0 aliphatic heterocycles. The Hall–Kier alpha value is -0.590. The van der Waals surface area contributed by atoms with Gasteiger partial charge in [-0.25, -0.2) is 0 Å². The maximum Gasteiger partial charge on any atom is 0.152 e. The third-order valence-electron chi connectivity index (χ3n) is 0.287. The standard InChI is InChI=1S/C4H6O.3C2H6/c1-3-4(2)5;3*1-2/h3H,1H2,2H3;3*1-2H3. The molecule has 0 heterocycles. The molecular weight excluding hydrogens is 136 g/mol.